The van der Waals surface area contributed by atoms with Gasteiger partial charge in [-0.25, -0.2) is 0 Å². The molecule has 4 heterocycles. The zero-order valence-electron chi connectivity index (χ0n) is 17.5. The fourth-order valence-corrected chi connectivity index (χ4v) is 5.26. The van der Waals surface area contributed by atoms with Gasteiger partial charge in [-0.15, -0.1) is 0 Å². The first-order valence-electron chi connectivity index (χ1n) is 10.9. The molecule has 1 spiro atoms. The Balaban J connectivity index is 1.20. The van der Waals surface area contributed by atoms with Gasteiger partial charge in [0.25, 0.3) is 11.9 Å². The molecule has 6 rings (SSSR count). The van der Waals surface area contributed by atoms with Gasteiger partial charge in [-0.1, -0.05) is 30.3 Å². The number of oxazole rings is 1. The normalized spacial score (nSPS) is 24.9. The number of amides is 1. The first kappa shape index (κ1) is 18.7. The summed E-state index contributed by atoms with van der Waals surface area (Å²) < 4.78 is 17.7. The second-order valence-electron chi connectivity index (χ2n) is 8.60. The number of methoxy groups -OCH3 is 1. The Morgan fingerprint density at radius 1 is 1.10 bits per heavy atom. The molecule has 3 saturated heterocycles. The van der Waals surface area contributed by atoms with E-state index in [0.29, 0.717) is 31.9 Å². The van der Waals surface area contributed by atoms with Crippen LogP contribution in [0.2, 0.25) is 0 Å². The number of carbonyl (C=O) groups is 1. The quantitative estimate of drug-likeness (QED) is 0.642. The number of anilines is 1. The van der Waals surface area contributed by atoms with Crippen LogP contribution in [0.5, 0.6) is 5.75 Å². The summed E-state index contributed by atoms with van der Waals surface area (Å²) in [6.45, 7) is 1.35. The second kappa shape index (κ2) is 6.99. The number of hydrogen-bond donors (Lipinski definition) is 0. The van der Waals surface area contributed by atoms with Gasteiger partial charge in [-0.05, 0) is 30.5 Å². The van der Waals surface area contributed by atoms with Crippen molar-refractivity contribution in [3.8, 4) is 5.75 Å². The fourth-order valence-electron chi connectivity index (χ4n) is 5.26. The van der Waals surface area contributed by atoms with Gasteiger partial charge >= 0.3 is 0 Å². The summed E-state index contributed by atoms with van der Waals surface area (Å²) in [6, 6.07) is 16.6. The summed E-state index contributed by atoms with van der Waals surface area (Å²) in [6.07, 6.45) is 3.02. The zero-order chi connectivity index (χ0) is 21.0. The van der Waals surface area contributed by atoms with Gasteiger partial charge in [0.2, 0.25) is 0 Å². The minimum atomic E-state index is -0.718. The molecule has 31 heavy (non-hydrogen) atoms. The van der Waals surface area contributed by atoms with Gasteiger partial charge in [0, 0.05) is 32.0 Å². The van der Waals surface area contributed by atoms with E-state index in [0.717, 1.165) is 29.7 Å². The molecule has 3 aliphatic rings. The Bertz CT molecular complexity index is 1120. The zero-order valence-corrected chi connectivity index (χ0v) is 17.5. The molecule has 3 fully saturated rings. The van der Waals surface area contributed by atoms with Crippen LogP contribution in [-0.4, -0.2) is 47.8 Å². The Morgan fingerprint density at radius 3 is 2.68 bits per heavy atom. The number of hydrogen-bond acceptors (Lipinski definition) is 6. The predicted molar refractivity (Wildman–Crippen MR) is 115 cm³/mol. The molecular weight excluding hydrogens is 394 g/mol. The molecule has 0 unspecified atom stereocenters. The van der Waals surface area contributed by atoms with Crippen LogP contribution >= 0.6 is 0 Å². The monoisotopic (exact) mass is 419 g/mol. The first-order chi connectivity index (χ1) is 15.2. The SMILES string of the molecule is COc1ccc2oc(N3CCC4(CC3)O[C@@H]3CC[C@@H](c5ccccc5)N3C4=O)nc2c1. The first-order valence-corrected chi connectivity index (χ1v) is 10.9. The van der Waals surface area contributed by atoms with E-state index < -0.39 is 5.60 Å². The molecule has 2 aromatic carbocycles. The lowest BCUT2D eigenvalue weighted by molar-refractivity contribution is -0.140. The Hall–Kier alpha value is -3.06. The highest BCUT2D eigenvalue weighted by molar-refractivity contribution is 5.88. The lowest BCUT2D eigenvalue weighted by Gasteiger charge is -2.36. The standard InChI is InChI=1S/C24H25N3O4/c1-29-17-7-9-20-18(15-17)25-23(30-20)26-13-11-24(12-14-26)22(28)27-19(8-10-21(27)31-24)16-5-3-2-4-6-16/h2-7,9,15,19,21H,8,10-14H2,1H3/t19-,21+/m0/s1. The average Bonchev–Trinajstić information content (AvgIpc) is 3.49. The smallest absolute Gasteiger partial charge is 0.298 e. The van der Waals surface area contributed by atoms with Crippen molar-refractivity contribution in [1.29, 1.82) is 0 Å². The van der Waals surface area contributed by atoms with E-state index in [1.807, 2.05) is 41.3 Å². The highest BCUT2D eigenvalue weighted by Crippen LogP contribution is 2.47. The van der Waals surface area contributed by atoms with Gasteiger partial charge in [0.05, 0.1) is 13.2 Å². The molecule has 0 bridgehead atoms. The molecule has 1 amide bonds. The number of nitrogens with zero attached hydrogens (tertiary/aromatic N) is 3. The average molecular weight is 419 g/mol. The minimum Gasteiger partial charge on any atom is -0.497 e. The van der Waals surface area contributed by atoms with Gasteiger partial charge in [-0.3, -0.25) is 4.79 Å². The van der Waals surface area contributed by atoms with Crippen molar-refractivity contribution in [2.75, 3.05) is 25.1 Å². The van der Waals surface area contributed by atoms with Crippen LogP contribution < -0.4 is 9.64 Å². The lowest BCUT2D eigenvalue weighted by atomic mass is 9.89. The third-order valence-electron chi connectivity index (χ3n) is 6.93. The van der Waals surface area contributed by atoms with E-state index >= 15 is 0 Å². The van der Waals surface area contributed by atoms with E-state index in [-0.39, 0.29) is 18.2 Å². The van der Waals surface area contributed by atoms with Crippen molar-refractivity contribution < 1.29 is 18.7 Å². The maximum absolute atomic E-state index is 13.5. The van der Waals surface area contributed by atoms with Crippen molar-refractivity contribution in [1.82, 2.24) is 9.88 Å². The van der Waals surface area contributed by atoms with Gasteiger partial charge < -0.3 is 23.7 Å². The second-order valence-corrected chi connectivity index (χ2v) is 8.60. The van der Waals surface area contributed by atoms with Crippen molar-refractivity contribution in [3.63, 3.8) is 0 Å². The van der Waals surface area contributed by atoms with Crippen LogP contribution in [-0.2, 0) is 9.53 Å². The Morgan fingerprint density at radius 2 is 1.90 bits per heavy atom. The lowest BCUT2D eigenvalue weighted by Crippen LogP contribution is -2.50. The van der Waals surface area contributed by atoms with Crippen LogP contribution in [0, 0.1) is 0 Å². The molecule has 0 N–H and O–H groups in total. The molecule has 3 aliphatic heterocycles. The number of benzene rings is 2. The number of fused-ring (bicyclic) bond motifs is 2. The maximum Gasteiger partial charge on any atom is 0.298 e. The molecule has 1 aromatic heterocycles. The van der Waals surface area contributed by atoms with E-state index in [9.17, 15) is 4.79 Å². The number of rotatable bonds is 3. The summed E-state index contributed by atoms with van der Waals surface area (Å²) in [5, 5.41) is 0. The van der Waals surface area contributed by atoms with Crippen molar-refractivity contribution in [2.24, 2.45) is 0 Å². The highest BCUT2D eigenvalue weighted by atomic mass is 16.6. The van der Waals surface area contributed by atoms with Crippen molar-refractivity contribution >= 4 is 23.0 Å². The van der Waals surface area contributed by atoms with Crippen LogP contribution in [0.4, 0.5) is 6.01 Å². The van der Waals surface area contributed by atoms with Crippen LogP contribution in [0.15, 0.2) is 52.9 Å². The third kappa shape index (κ3) is 2.91. The summed E-state index contributed by atoms with van der Waals surface area (Å²) in [7, 11) is 1.64. The molecule has 0 aliphatic carbocycles. The van der Waals surface area contributed by atoms with Crippen LogP contribution in [0.3, 0.4) is 0 Å². The fraction of sp³-hybridized carbons (Fsp3) is 0.417. The number of piperidine rings is 1. The summed E-state index contributed by atoms with van der Waals surface area (Å²) in [4.78, 5) is 22.3. The van der Waals surface area contributed by atoms with Crippen LogP contribution in [0.25, 0.3) is 11.1 Å². The molecule has 7 heteroatoms. The molecule has 2 atom stereocenters. The van der Waals surface area contributed by atoms with Crippen molar-refractivity contribution in [2.45, 2.75) is 43.6 Å². The molecular formula is C24H25N3O4. The summed E-state index contributed by atoms with van der Waals surface area (Å²) in [5.74, 6) is 0.897. The Kier molecular flexibility index (Phi) is 4.21. The van der Waals surface area contributed by atoms with E-state index in [2.05, 4.69) is 22.0 Å². The predicted octanol–water partition coefficient (Wildman–Crippen LogP) is 3.90. The summed E-state index contributed by atoms with van der Waals surface area (Å²) in [5.41, 5.74) is 1.98. The van der Waals surface area contributed by atoms with Gasteiger partial charge in [0.1, 0.15) is 17.5 Å². The minimum absolute atomic E-state index is 0.110. The number of aromatic nitrogens is 1. The van der Waals surface area contributed by atoms with Crippen LogP contribution in [0.1, 0.15) is 37.3 Å². The van der Waals surface area contributed by atoms with E-state index in [4.69, 9.17) is 13.9 Å². The summed E-state index contributed by atoms with van der Waals surface area (Å²) >= 11 is 0. The molecule has 0 radical (unpaired) electrons. The number of ether oxygens (including phenoxy) is 2. The van der Waals surface area contributed by atoms with Crippen molar-refractivity contribution in [3.05, 3.63) is 54.1 Å². The van der Waals surface area contributed by atoms with Gasteiger partial charge in [0.15, 0.2) is 11.2 Å². The topological polar surface area (TPSA) is 68.0 Å². The maximum atomic E-state index is 13.5. The third-order valence-corrected chi connectivity index (χ3v) is 6.93. The molecule has 160 valence electrons. The number of carbonyl (C=O) groups excluding carboxylic acids is 1. The molecule has 3 aromatic rings. The van der Waals surface area contributed by atoms with Gasteiger partial charge in [-0.2, -0.15) is 4.98 Å². The van der Waals surface area contributed by atoms with E-state index in [1.54, 1.807) is 7.11 Å². The largest absolute Gasteiger partial charge is 0.497 e. The molecule has 0 saturated carbocycles. The highest BCUT2D eigenvalue weighted by Gasteiger charge is 2.58. The molecule has 7 nitrogen and oxygen atoms in total. The van der Waals surface area contributed by atoms with E-state index in [1.165, 1.54) is 5.56 Å². The Labute approximate surface area is 180 Å².